The third-order valence-corrected chi connectivity index (χ3v) is 5.63. The van der Waals surface area contributed by atoms with Crippen molar-refractivity contribution in [2.75, 3.05) is 38.4 Å². The Morgan fingerprint density at radius 2 is 1.78 bits per heavy atom. The van der Waals surface area contributed by atoms with Crippen molar-refractivity contribution in [3.8, 4) is 11.5 Å². The third kappa shape index (κ3) is 5.31. The molecule has 0 aliphatic rings. The minimum atomic E-state index is -3.67. The Kier molecular flexibility index (Phi) is 7.00. The maximum Gasteiger partial charge on any atom is 0.246 e. The Bertz CT molecular complexity index is 915. The van der Waals surface area contributed by atoms with Crippen molar-refractivity contribution in [1.82, 2.24) is 4.31 Å². The molecule has 9 heteroatoms. The Labute approximate surface area is 165 Å². The van der Waals surface area contributed by atoms with Crippen LogP contribution in [0, 0.1) is 0 Å². The van der Waals surface area contributed by atoms with Crippen LogP contribution in [0.25, 0.3) is 0 Å². The zero-order valence-corrected chi connectivity index (χ0v) is 17.3. The van der Waals surface area contributed by atoms with E-state index in [-0.39, 0.29) is 4.90 Å². The summed E-state index contributed by atoms with van der Waals surface area (Å²) < 4.78 is 36.9. The highest BCUT2D eigenvalue weighted by atomic mass is 32.2. The molecule has 0 bridgehead atoms. The van der Waals surface area contributed by atoms with Gasteiger partial charge in [0.25, 0.3) is 0 Å². The van der Waals surface area contributed by atoms with E-state index in [0.29, 0.717) is 28.9 Å². The van der Waals surface area contributed by atoms with E-state index in [1.165, 1.54) is 20.2 Å². The van der Waals surface area contributed by atoms with Crippen LogP contribution >= 0.6 is 12.2 Å². The fourth-order valence-electron chi connectivity index (χ4n) is 2.25. The zero-order chi connectivity index (χ0) is 20.0. The van der Waals surface area contributed by atoms with Gasteiger partial charge in [0.05, 0.1) is 13.7 Å². The summed E-state index contributed by atoms with van der Waals surface area (Å²) in [6.07, 6.45) is 0. The van der Waals surface area contributed by atoms with E-state index in [9.17, 15) is 8.42 Å². The molecule has 0 saturated carbocycles. The topological polar surface area (TPSA) is 79.9 Å². The largest absolute Gasteiger partial charge is 0.497 e. The first kappa shape index (κ1) is 20.9. The van der Waals surface area contributed by atoms with Crippen LogP contribution in [0.4, 0.5) is 11.4 Å². The van der Waals surface area contributed by atoms with Crippen molar-refractivity contribution in [2.24, 2.45) is 0 Å². The van der Waals surface area contributed by atoms with E-state index in [1.54, 1.807) is 32.2 Å². The molecule has 7 nitrogen and oxygen atoms in total. The van der Waals surface area contributed by atoms with Crippen molar-refractivity contribution in [2.45, 2.75) is 11.8 Å². The first-order valence-electron chi connectivity index (χ1n) is 8.19. The summed E-state index contributed by atoms with van der Waals surface area (Å²) in [6, 6.07) is 12.1. The Morgan fingerprint density at radius 1 is 1.11 bits per heavy atom. The van der Waals surface area contributed by atoms with Crippen LogP contribution < -0.4 is 20.1 Å². The van der Waals surface area contributed by atoms with Crippen molar-refractivity contribution < 1.29 is 17.9 Å². The molecule has 27 heavy (non-hydrogen) atoms. The van der Waals surface area contributed by atoms with Gasteiger partial charge in [0, 0.05) is 31.5 Å². The second-order valence-electron chi connectivity index (χ2n) is 5.69. The van der Waals surface area contributed by atoms with E-state index in [2.05, 4.69) is 10.6 Å². The number of ether oxygens (including phenoxy) is 2. The van der Waals surface area contributed by atoms with Gasteiger partial charge in [0.2, 0.25) is 10.0 Å². The summed E-state index contributed by atoms with van der Waals surface area (Å²) in [5, 5.41) is 6.34. The van der Waals surface area contributed by atoms with Crippen LogP contribution in [-0.2, 0) is 10.0 Å². The summed E-state index contributed by atoms with van der Waals surface area (Å²) >= 11 is 5.32. The lowest BCUT2D eigenvalue weighted by Gasteiger charge is -2.17. The number of anilines is 2. The molecule has 0 spiro atoms. The fourth-order valence-corrected chi connectivity index (χ4v) is 3.54. The lowest BCUT2D eigenvalue weighted by molar-refractivity contribution is 0.330. The van der Waals surface area contributed by atoms with Crippen LogP contribution in [0.2, 0.25) is 0 Å². The number of benzene rings is 2. The minimum Gasteiger partial charge on any atom is -0.497 e. The second kappa shape index (κ2) is 9.03. The summed E-state index contributed by atoms with van der Waals surface area (Å²) in [5.74, 6) is 0.992. The maximum atomic E-state index is 12.6. The molecule has 0 fully saturated rings. The first-order valence-corrected chi connectivity index (χ1v) is 10.0. The zero-order valence-electron chi connectivity index (χ0n) is 15.6. The molecule has 146 valence electrons. The van der Waals surface area contributed by atoms with Gasteiger partial charge < -0.3 is 20.1 Å². The van der Waals surface area contributed by atoms with E-state index in [4.69, 9.17) is 21.7 Å². The molecule has 0 radical (unpaired) electrons. The van der Waals surface area contributed by atoms with Gasteiger partial charge in [0.15, 0.2) is 5.11 Å². The van der Waals surface area contributed by atoms with Crippen LogP contribution in [0.15, 0.2) is 47.4 Å². The molecule has 0 aliphatic carbocycles. The molecule has 0 unspecified atom stereocenters. The standard InChI is InChI=1S/C18H23N3O4S2/c1-5-25-16-10-9-14(12-17(16)27(22,23)21(2)3)20-18(26)19-13-7-6-8-15(11-13)24-4/h6-12H,5H2,1-4H3,(H2,19,20,26). The quantitative estimate of drug-likeness (QED) is 0.680. The predicted octanol–water partition coefficient (Wildman–Crippen LogP) is 3.15. The van der Waals surface area contributed by atoms with Gasteiger partial charge in [-0.25, -0.2) is 12.7 Å². The summed E-state index contributed by atoms with van der Waals surface area (Å²) in [7, 11) is 0.863. The summed E-state index contributed by atoms with van der Waals surface area (Å²) in [5.41, 5.74) is 1.28. The van der Waals surface area contributed by atoms with Gasteiger partial charge in [-0.1, -0.05) is 6.07 Å². The number of rotatable bonds is 7. The molecule has 0 heterocycles. The van der Waals surface area contributed by atoms with Crippen molar-refractivity contribution in [3.05, 3.63) is 42.5 Å². The number of nitrogens with zero attached hydrogens (tertiary/aromatic N) is 1. The van der Waals surface area contributed by atoms with Crippen LogP contribution in [0.5, 0.6) is 11.5 Å². The Balaban J connectivity index is 2.24. The first-order chi connectivity index (χ1) is 12.8. The minimum absolute atomic E-state index is 0.0727. The molecule has 0 aliphatic heterocycles. The van der Waals surface area contributed by atoms with E-state index in [0.717, 1.165) is 9.99 Å². The molecule has 0 aromatic heterocycles. The molecule has 0 saturated heterocycles. The van der Waals surface area contributed by atoms with Gasteiger partial charge in [0.1, 0.15) is 16.4 Å². The number of sulfonamides is 1. The van der Waals surface area contributed by atoms with Crippen molar-refractivity contribution in [1.29, 1.82) is 0 Å². The smallest absolute Gasteiger partial charge is 0.246 e. The van der Waals surface area contributed by atoms with Gasteiger partial charge >= 0.3 is 0 Å². The number of hydrogen-bond donors (Lipinski definition) is 2. The van der Waals surface area contributed by atoms with Gasteiger partial charge in [-0.2, -0.15) is 0 Å². The Morgan fingerprint density at radius 3 is 2.37 bits per heavy atom. The third-order valence-electron chi connectivity index (χ3n) is 3.59. The molecular weight excluding hydrogens is 386 g/mol. The summed E-state index contributed by atoms with van der Waals surface area (Å²) in [6.45, 7) is 2.16. The van der Waals surface area contributed by atoms with Gasteiger partial charge in [-0.3, -0.25) is 0 Å². The normalized spacial score (nSPS) is 11.1. The van der Waals surface area contributed by atoms with E-state index in [1.807, 2.05) is 18.2 Å². The monoisotopic (exact) mass is 409 g/mol. The molecule has 2 rings (SSSR count). The number of methoxy groups -OCH3 is 1. The predicted molar refractivity (Wildman–Crippen MR) is 111 cm³/mol. The fraction of sp³-hybridized carbons (Fsp3) is 0.278. The summed E-state index contributed by atoms with van der Waals surface area (Å²) in [4.78, 5) is 0.0727. The lowest BCUT2D eigenvalue weighted by Crippen LogP contribution is -2.24. The van der Waals surface area contributed by atoms with Crippen LogP contribution in [0.1, 0.15) is 6.92 Å². The van der Waals surface area contributed by atoms with Gasteiger partial charge in [-0.15, -0.1) is 0 Å². The van der Waals surface area contributed by atoms with Gasteiger partial charge in [-0.05, 0) is 49.5 Å². The second-order valence-corrected chi connectivity index (χ2v) is 8.22. The lowest BCUT2D eigenvalue weighted by atomic mass is 10.3. The number of hydrogen-bond acceptors (Lipinski definition) is 5. The molecule has 0 amide bonds. The highest BCUT2D eigenvalue weighted by molar-refractivity contribution is 7.89. The van der Waals surface area contributed by atoms with Crippen molar-refractivity contribution in [3.63, 3.8) is 0 Å². The highest BCUT2D eigenvalue weighted by Gasteiger charge is 2.23. The average Bonchev–Trinajstić information content (AvgIpc) is 2.63. The molecule has 2 aromatic carbocycles. The molecule has 2 aromatic rings. The van der Waals surface area contributed by atoms with E-state index >= 15 is 0 Å². The van der Waals surface area contributed by atoms with Crippen LogP contribution in [0.3, 0.4) is 0 Å². The maximum absolute atomic E-state index is 12.6. The van der Waals surface area contributed by atoms with E-state index < -0.39 is 10.0 Å². The molecular formula is C18H23N3O4S2. The number of thiocarbonyl (C=S) groups is 1. The molecule has 0 atom stereocenters. The SMILES string of the molecule is CCOc1ccc(NC(=S)Nc2cccc(OC)c2)cc1S(=O)(=O)N(C)C. The Hall–Kier alpha value is -2.36. The number of nitrogens with one attached hydrogen (secondary N) is 2. The van der Waals surface area contributed by atoms with Crippen molar-refractivity contribution >= 4 is 38.7 Å². The highest BCUT2D eigenvalue weighted by Crippen LogP contribution is 2.29. The molecule has 2 N–H and O–H groups in total. The van der Waals surface area contributed by atoms with Crippen LogP contribution in [-0.4, -0.2) is 45.6 Å². The average molecular weight is 410 g/mol.